The van der Waals surface area contributed by atoms with Crippen LogP contribution in [0.1, 0.15) is 16.1 Å². The third kappa shape index (κ3) is 3.49. The van der Waals surface area contributed by atoms with Gasteiger partial charge in [-0.1, -0.05) is 34.5 Å². The molecule has 0 spiro atoms. The molecule has 0 radical (unpaired) electrons. The Hall–Kier alpha value is -1.63. The van der Waals surface area contributed by atoms with Gasteiger partial charge in [-0.15, -0.1) is 5.10 Å². The van der Waals surface area contributed by atoms with Crippen LogP contribution in [0.25, 0.3) is 0 Å². The number of piperazine rings is 1. The van der Waals surface area contributed by atoms with Gasteiger partial charge in [0.25, 0.3) is 5.91 Å². The predicted octanol–water partition coefficient (Wildman–Crippen LogP) is 2.08. The molecule has 2 heterocycles. The fraction of sp³-hybridized carbons (Fsp3) is 0.400. The number of benzene rings is 1. The molecule has 1 aromatic carbocycles. The van der Waals surface area contributed by atoms with Crippen molar-refractivity contribution < 1.29 is 4.79 Å². The molecule has 0 aliphatic carbocycles. The van der Waals surface area contributed by atoms with E-state index in [1.165, 1.54) is 0 Å². The van der Waals surface area contributed by atoms with Crippen molar-refractivity contribution in [2.24, 2.45) is 7.05 Å². The summed E-state index contributed by atoms with van der Waals surface area (Å²) in [7, 11) is 1.88. The zero-order valence-corrected chi connectivity index (χ0v) is 14.3. The highest BCUT2D eigenvalue weighted by atomic mass is 35.5. The van der Waals surface area contributed by atoms with Crippen molar-refractivity contribution in [2.75, 3.05) is 26.2 Å². The summed E-state index contributed by atoms with van der Waals surface area (Å²) >= 11 is 12.1. The third-order valence-electron chi connectivity index (χ3n) is 4.04. The highest BCUT2D eigenvalue weighted by molar-refractivity contribution is 6.43. The van der Waals surface area contributed by atoms with E-state index in [-0.39, 0.29) is 5.91 Å². The summed E-state index contributed by atoms with van der Waals surface area (Å²) in [5.74, 6) is -0.0700. The Balaban J connectivity index is 1.61. The molecule has 2 aromatic rings. The average Bonchev–Trinajstić information content (AvgIpc) is 2.95. The second-order valence-electron chi connectivity index (χ2n) is 5.52. The molecule has 0 N–H and O–H groups in total. The van der Waals surface area contributed by atoms with E-state index in [9.17, 15) is 4.79 Å². The van der Waals surface area contributed by atoms with Gasteiger partial charge in [0.05, 0.1) is 27.5 Å². The zero-order valence-electron chi connectivity index (χ0n) is 12.7. The van der Waals surface area contributed by atoms with Crippen molar-refractivity contribution in [3.8, 4) is 0 Å². The van der Waals surface area contributed by atoms with Crippen LogP contribution in [-0.4, -0.2) is 56.9 Å². The van der Waals surface area contributed by atoms with Crippen molar-refractivity contribution in [3.63, 3.8) is 0 Å². The van der Waals surface area contributed by atoms with Gasteiger partial charge in [0, 0.05) is 39.8 Å². The van der Waals surface area contributed by atoms with Crippen LogP contribution >= 0.6 is 23.2 Å². The van der Waals surface area contributed by atoms with E-state index in [1.807, 2.05) is 11.9 Å². The van der Waals surface area contributed by atoms with Crippen molar-refractivity contribution in [1.82, 2.24) is 24.8 Å². The Morgan fingerprint density at radius 1 is 1.22 bits per heavy atom. The van der Waals surface area contributed by atoms with Crippen molar-refractivity contribution in [2.45, 2.75) is 6.54 Å². The number of halogens is 2. The van der Waals surface area contributed by atoms with Gasteiger partial charge in [0.1, 0.15) is 0 Å². The Kier molecular flexibility index (Phi) is 4.84. The molecule has 1 saturated heterocycles. The maximum absolute atomic E-state index is 12.6. The van der Waals surface area contributed by atoms with E-state index in [4.69, 9.17) is 23.2 Å². The normalized spacial score (nSPS) is 15.9. The molecule has 122 valence electrons. The summed E-state index contributed by atoms with van der Waals surface area (Å²) in [4.78, 5) is 16.7. The Labute approximate surface area is 144 Å². The number of hydrogen-bond donors (Lipinski definition) is 0. The van der Waals surface area contributed by atoms with Gasteiger partial charge in [-0.3, -0.25) is 14.4 Å². The van der Waals surface area contributed by atoms with Gasteiger partial charge in [-0.2, -0.15) is 0 Å². The highest BCUT2D eigenvalue weighted by Crippen LogP contribution is 2.26. The smallest absolute Gasteiger partial charge is 0.255 e. The molecular formula is C15H17Cl2N5O. The topological polar surface area (TPSA) is 54.3 Å². The molecule has 1 aliphatic heterocycles. The van der Waals surface area contributed by atoms with Gasteiger partial charge >= 0.3 is 0 Å². The predicted molar refractivity (Wildman–Crippen MR) is 88.6 cm³/mol. The monoisotopic (exact) mass is 353 g/mol. The number of aryl methyl sites for hydroxylation is 1. The van der Waals surface area contributed by atoms with Gasteiger partial charge in [-0.05, 0) is 12.1 Å². The first-order chi connectivity index (χ1) is 11.1. The molecule has 0 bridgehead atoms. The minimum Gasteiger partial charge on any atom is -0.336 e. The van der Waals surface area contributed by atoms with Crippen LogP contribution in [0.5, 0.6) is 0 Å². The van der Waals surface area contributed by atoms with Gasteiger partial charge in [0.15, 0.2) is 0 Å². The summed E-state index contributed by atoms with van der Waals surface area (Å²) in [5, 5.41) is 8.54. The largest absolute Gasteiger partial charge is 0.336 e. The van der Waals surface area contributed by atoms with Crippen LogP contribution < -0.4 is 0 Å². The van der Waals surface area contributed by atoms with E-state index >= 15 is 0 Å². The van der Waals surface area contributed by atoms with Gasteiger partial charge < -0.3 is 4.90 Å². The molecule has 23 heavy (non-hydrogen) atoms. The Morgan fingerprint density at radius 2 is 1.96 bits per heavy atom. The molecule has 6 nitrogen and oxygen atoms in total. The SMILES string of the molecule is Cn1nncc1CN1CCN(C(=O)c2cccc(Cl)c2Cl)CC1. The fourth-order valence-electron chi connectivity index (χ4n) is 2.63. The zero-order chi connectivity index (χ0) is 16.4. The lowest BCUT2D eigenvalue weighted by atomic mass is 10.1. The second-order valence-corrected chi connectivity index (χ2v) is 6.30. The van der Waals surface area contributed by atoms with Crippen molar-refractivity contribution >= 4 is 29.1 Å². The molecule has 1 amide bonds. The number of aromatic nitrogens is 3. The van der Waals surface area contributed by atoms with E-state index in [2.05, 4.69) is 15.2 Å². The molecule has 0 saturated carbocycles. The van der Waals surface area contributed by atoms with E-state index in [0.717, 1.165) is 25.3 Å². The van der Waals surface area contributed by atoms with E-state index in [1.54, 1.807) is 29.1 Å². The summed E-state index contributed by atoms with van der Waals surface area (Å²) in [6, 6.07) is 5.14. The molecule has 3 rings (SSSR count). The van der Waals surface area contributed by atoms with Crippen molar-refractivity contribution in [3.05, 3.63) is 45.7 Å². The molecular weight excluding hydrogens is 337 g/mol. The van der Waals surface area contributed by atoms with Crippen LogP contribution in [0, 0.1) is 0 Å². The number of carbonyl (C=O) groups is 1. The average molecular weight is 354 g/mol. The molecule has 0 unspecified atom stereocenters. The quantitative estimate of drug-likeness (QED) is 0.847. The maximum Gasteiger partial charge on any atom is 0.255 e. The molecule has 8 heteroatoms. The first-order valence-corrected chi connectivity index (χ1v) is 8.11. The summed E-state index contributed by atoms with van der Waals surface area (Å²) < 4.78 is 1.77. The van der Waals surface area contributed by atoms with Crippen LogP contribution in [0.15, 0.2) is 24.4 Å². The first kappa shape index (κ1) is 16.2. The van der Waals surface area contributed by atoms with E-state index < -0.39 is 0 Å². The molecule has 1 aliphatic rings. The summed E-state index contributed by atoms with van der Waals surface area (Å²) in [6.07, 6.45) is 1.77. The lowest BCUT2D eigenvalue weighted by molar-refractivity contribution is 0.0625. The number of rotatable bonds is 3. The number of amides is 1. The van der Waals surface area contributed by atoms with E-state index in [0.29, 0.717) is 28.7 Å². The van der Waals surface area contributed by atoms with Crippen LogP contribution in [0.3, 0.4) is 0 Å². The first-order valence-electron chi connectivity index (χ1n) is 7.35. The number of carbonyl (C=O) groups excluding carboxylic acids is 1. The van der Waals surface area contributed by atoms with Crippen LogP contribution in [0.2, 0.25) is 10.0 Å². The fourth-order valence-corrected chi connectivity index (χ4v) is 3.01. The molecule has 1 aromatic heterocycles. The van der Waals surface area contributed by atoms with Crippen LogP contribution in [-0.2, 0) is 13.6 Å². The number of nitrogens with zero attached hydrogens (tertiary/aromatic N) is 5. The van der Waals surface area contributed by atoms with Crippen molar-refractivity contribution in [1.29, 1.82) is 0 Å². The summed E-state index contributed by atoms with van der Waals surface area (Å²) in [6.45, 7) is 3.70. The minimum absolute atomic E-state index is 0.0700. The van der Waals surface area contributed by atoms with Gasteiger partial charge in [0.2, 0.25) is 0 Å². The highest BCUT2D eigenvalue weighted by Gasteiger charge is 2.24. The third-order valence-corrected chi connectivity index (χ3v) is 4.85. The Morgan fingerprint density at radius 3 is 2.61 bits per heavy atom. The second kappa shape index (κ2) is 6.86. The summed E-state index contributed by atoms with van der Waals surface area (Å²) in [5.41, 5.74) is 1.52. The Bertz CT molecular complexity index is 710. The standard InChI is InChI=1S/C15H17Cl2N5O/c1-20-11(9-18-19-20)10-21-5-7-22(8-6-21)15(23)12-3-2-4-13(16)14(12)17/h2-4,9H,5-8,10H2,1H3. The molecule has 1 fully saturated rings. The lowest BCUT2D eigenvalue weighted by Gasteiger charge is -2.34. The van der Waals surface area contributed by atoms with Gasteiger partial charge in [-0.25, -0.2) is 0 Å². The lowest BCUT2D eigenvalue weighted by Crippen LogP contribution is -2.48. The maximum atomic E-state index is 12.6. The minimum atomic E-state index is -0.0700. The van der Waals surface area contributed by atoms with Crippen LogP contribution in [0.4, 0.5) is 0 Å². The molecule has 0 atom stereocenters. The number of hydrogen-bond acceptors (Lipinski definition) is 4.